The van der Waals surface area contributed by atoms with Crippen LogP contribution in [0.2, 0.25) is 0 Å². The number of carbonyl (C=O) groups excluding carboxylic acids is 1. The number of rotatable bonds is 0. The van der Waals surface area contributed by atoms with Gasteiger partial charge in [0.05, 0.1) is 0 Å². The largest absolute Gasteiger partial charge is 0.385 e. The average Bonchev–Trinajstić information content (AvgIpc) is 2.12. The number of aliphatic hydroxyl groups excluding tert-OH is 1. The minimum Gasteiger partial charge on any atom is -0.385 e. The quantitative estimate of drug-likeness (QED) is 0.667. The predicted molar refractivity (Wildman–Crippen MR) is 59.5 cm³/mol. The van der Waals surface area contributed by atoms with Gasteiger partial charge in [0.2, 0.25) is 0 Å². The number of hydrogen-bond acceptors (Lipinski definition) is 2. The van der Waals surface area contributed by atoms with Gasteiger partial charge >= 0.3 is 0 Å². The maximum absolute atomic E-state index is 12.1. The van der Waals surface area contributed by atoms with E-state index in [2.05, 4.69) is 20.8 Å². The fourth-order valence-corrected chi connectivity index (χ4v) is 3.96. The zero-order valence-corrected chi connectivity index (χ0v) is 10.0. The molecule has 2 nitrogen and oxygen atoms in total. The van der Waals surface area contributed by atoms with E-state index in [-0.39, 0.29) is 16.6 Å². The SMILES string of the molecule is CC1(C)CCC[C@@]2(C)C(=O)[C@@H](O)CC[C@H]12. The normalized spacial score (nSPS) is 44.9. The van der Waals surface area contributed by atoms with Crippen LogP contribution in [0.15, 0.2) is 0 Å². The van der Waals surface area contributed by atoms with Gasteiger partial charge in [-0.05, 0) is 37.0 Å². The molecule has 2 aliphatic carbocycles. The highest BCUT2D eigenvalue weighted by atomic mass is 16.3. The van der Waals surface area contributed by atoms with Crippen molar-refractivity contribution in [3.63, 3.8) is 0 Å². The lowest BCUT2D eigenvalue weighted by Gasteiger charge is -2.53. The first-order valence-electron chi connectivity index (χ1n) is 6.10. The molecule has 2 heteroatoms. The van der Waals surface area contributed by atoms with E-state index in [0.717, 1.165) is 19.3 Å². The van der Waals surface area contributed by atoms with Crippen LogP contribution in [-0.2, 0) is 4.79 Å². The summed E-state index contributed by atoms with van der Waals surface area (Å²) in [5, 5.41) is 9.70. The Morgan fingerprint density at radius 1 is 1.20 bits per heavy atom. The molecule has 0 aromatic rings. The molecule has 2 aliphatic rings. The van der Waals surface area contributed by atoms with Crippen molar-refractivity contribution in [2.24, 2.45) is 16.7 Å². The van der Waals surface area contributed by atoms with Crippen LogP contribution in [-0.4, -0.2) is 17.0 Å². The molecule has 0 heterocycles. The second-order valence-electron chi connectivity index (χ2n) is 6.27. The first-order valence-corrected chi connectivity index (χ1v) is 6.10. The summed E-state index contributed by atoms with van der Waals surface area (Å²) in [6.07, 6.45) is 4.30. The third kappa shape index (κ3) is 1.54. The van der Waals surface area contributed by atoms with Crippen LogP contribution in [0.5, 0.6) is 0 Å². The summed E-state index contributed by atoms with van der Waals surface area (Å²) in [4.78, 5) is 12.1. The molecule has 0 aromatic heterocycles. The maximum atomic E-state index is 12.1. The Balaban J connectivity index is 2.34. The number of carbonyl (C=O) groups is 1. The summed E-state index contributed by atoms with van der Waals surface area (Å²) in [5.74, 6) is 0.571. The molecule has 0 spiro atoms. The van der Waals surface area contributed by atoms with Crippen LogP contribution < -0.4 is 0 Å². The molecule has 1 N–H and O–H groups in total. The van der Waals surface area contributed by atoms with Gasteiger partial charge in [0.15, 0.2) is 5.78 Å². The fourth-order valence-electron chi connectivity index (χ4n) is 3.96. The van der Waals surface area contributed by atoms with Gasteiger partial charge in [-0.15, -0.1) is 0 Å². The van der Waals surface area contributed by atoms with Crippen LogP contribution in [0.3, 0.4) is 0 Å². The Morgan fingerprint density at radius 3 is 2.53 bits per heavy atom. The first-order chi connectivity index (χ1) is 6.88. The van der Waals surface area contributed by atoms with Crippen molar-refractivity contribution in [3.05, 3.63) is 0 Å². The van der Waals surface area contributed by atoms with Gasteiger partial charge in [-0.1, -0.05) is 27.2 Å². The van der Waals surface area contributed by atoms with Gasteiger partial charge in [-0.3, -0.25) is 4.79 Å². The van der Waals surface area contributed by atoms with Crippen molar-refractivity contribution in [2.45, 2.75) is 59.0 Å². The van der Waals surface area contributed by atoms with Crippen LogP contribution in [0.25, 0.3) is 0 Å². The lowest BCUT2D eigenvalue weighted by molar-refractivity contribution is -0.155. The number of ketones is 1. The van der Waals surface area contributed by atoms with E-state index in [1.54, 1.807) is 0 Å². The predicted octanol–water partition coefficient (Wildman–Crippen LogP) is 2.54. The molecule has 0 aromatic carbocycles. The molecule has 0 radical (unpaired) electrons. The van der Waals surface area contributed by atoms with Gasteiger partial charge in [-0.25, -0.2) is 0 Å². The average molecular weight is 210 g/mol. The van der Waals surface area contributed by atoms with E-state index in [1.807, 2.05) is 0 Å². The number of fused-ring (bicyclic) bond motifs is 1. The van der Waals surface area contributed by atoms with Crippen molar-refractivity contribution in [1.29, 1.82) is 0 Å². The smallest absolute Gasteiger partial charge is 0.167 e. The first kappa shape index (κ1) is 11.1. The van der Waals surface area contributed by atoms with Crippen molar-refractivity contribution >= 4 is 5.78 Å². The highest BCUT2D eigenvalue weighted by Gasteiger charge is 2.54. The number of Topliss-reactive ketones (excluding diaryl/α,β-unsaturated/α-hetero) is 1. The van der Waals surface area contributed by atoms with Crippen LogP contribution >= 0.6 is 0 Å². The molecule has 86 valence electrons. The molecule has 2 saturated carbocycles. The highest BCUT2D eigenvalue weighted by molar-refractivity contribution is 5.89. The molecule has 0 bridgehead atoms. The summed E-state index contributed by atoms with van der Waals surface area (Å²) in [7, 11) is 0. The monoisotopic (exact) mass is 210 g/mol. The second-order valence-corrected chi connectivity index (χ2v) is 6.27. The van der Waals surface area contributed by atoms with Gasteiger partial charge in [0.25, 0.3) is 0 Å². The minimum absolute atomic E-state index is 0.103. The zero-order chi connectivity index (χ0) is 11.3. The standard InChI is InChI=1S/C13H22O2/c1-12(2)7-4-8-13(3)10(12)6-5-9(14)11(13)15/h9-10,14H,4-8H2,1-3H3/t9-,10+,13+/m0/s1. The van der Waals surface area contributed by atoms with Crippen LogP contribution in [0.4, 0.5) is 0 Å². The highest BCUT2D eigenvalue weighted by Crippen LogP contribution is 2.56. The zero-order valence-electron chi connectivity index (χ0n) is 10.0. The summed E-state index contributed by atoms with van der Waals surface area (Å²) in [6.45, 7) is 6.63. The van der Waals surface area contributed by atoms with Gasteiger partial charge in [0.1, 0.15) is 6.10 Å². The molecule has 0 unspecified atom stereocenters. The number of aliphatic hydroxyl groups is 1. The topological polar surface area (TPSA) is 37.3 Å². The van der Waals surface area contributed by atoms with E-state index < -0.39 is 6.10 Å². The molecule has 2 rings (SSSR count). The van der Waals surface area contributed by atoms with Crippen molar-refractivity contribution in [1.82, 2.24) is 0 Å². The van der Waals surface area contributed by atoms with E-state index in [1.165, 1.54) is 6.42 Å². The summed E-state index contributed by atoms with van der Waals surface area (Å²) < 4.78 is 0. The lowest BCUT2D eigenvalue weighted by atomic mass is 9.51. The van der Waals surface area contributed by atoms with Crippen molar-refractivity contribution in [2.75, 3.05) is 0 Å². The van der Waals surface area contributed by atoms with Gasteiger partial charge < -0.3 is 5.11 Å². The van der Waals surface area contributed by atoms with E-state index >= 15 is 0 Å². The molecule has 3 atom stereocenters. The van der Waals surface area contributed by atoms with Crippen molar-refractivity contribution < 1.29 is 9.90 Å². The van der Waals surface area contributed by atoms with E-state index in [9.17, 15) is 9.90 Å². The molecule has 0 amide bonds. The Hall–Kier alpha value is -0.370. The molecular weight excluding hydrogens is 188 g/mol. The van der Waals surface area contributed by atoms with Crippen LogP contribution in [0.1, 0.15) is 52.9 Å². The Kier molecular flexibility index (Phi) is 2.45. The lowest BCUT2D eigenvalue weighted by Crippen LogP contribution is -2.53. The summed E-state index contributed by atoms with van der Waals surface area (Å²) >= 11 is 0. The Bertz CT molecular complexity index is 282. The third-order valence-electron chi connectivity index (χ3n) is 4.82. The van der Waals surface area contributed by atoms with Crippen molar-refractivity contribution in [3.8, 4) is 0 Å². The minimum atomic E-state index is -0.694. The Morgan fingerprint density at radius 2 is 1.87 bits per heavy atom. The Labute approximate surface area is 92.1 Å². The second kappa shape index (κ2) is 3.31. The molecule has 0 aliphatic heterocycles. The molecular formula is C13H22O2. The maximum Gasteiger partial charge on any atom is 0.167 e. The van der Waals surface area contributed by atoms with Crippen LogP contribution in [0, 0.1) is 16.7 Å². The van der Waals surface area contributed by atoms with Gasteiger partial charge in [-0.2, -0.15) is 0 Å². The summed E-state index contributed by atoms with van der Waals surface area (Å²) in [5.41, 5.74) is 0.0161. The van der Waals surface area contributed by atoms with Gasteiger partial charge in [0, 0.05) is 5.41 Å². The number of hydrogen-bond donors (Lipinski definition) is 1. The third-order valence-corrected chi connectivity index (χ3v) is 4.82. The fraction of sp³-hybridized carbons (Fsp3) is 0.923. The molecule has 15 heavy (non-hydrogen) atoms. The molecule has 2 fully saturated rings. The summed E-state index contributed by atoms with van der Waals surface area (Å²) in [6, 6.07) is 0. The molecule has 0 saturated heterocycles. The van der Waals surface area contributed by atoms with E-state index in [4.69, 9.17) is 0 Å². The van der Waals surface area contributed by atoms with E-state index in [0.29, 0.717) is 12.3 Å².